The number of amides is 1. The molecule has 0 aliphatic heterocycles. The summed E-state index contributed by atoms with van der Waals surface area (Å²) in [7, 11) is 2.11. The van der Waals surface area contributed by atoms with Gasteiger partial charge in [-0.05, 0) is 51.1 Å². The maximum absolute atomic E-state index is 12.6. The van der Waals surface area contributed by atoms with Gasteiger partial charge in [0.05, 0.1) is 11.0 Å². The molecule has 0 spiro atoms. The molecule has 156 valence electrons. The number of nitrogens with zero attached hydrogens (tertiary/aromatic N) is 4. The molecule has 3 aromatic rings. The number of aromatic nitrogens is 4. The Bertz CT molecular complexity index is 1050. The monoisotopic (exact) mass is 398 g/mol. The van der Waals surface area contributed by atoms with E-state index in [4.69, 9.17) is 0 Å². The number of nitrogens with one attached hydrogen (secondary N) is 2. The zero-order chi connectivity index (χ0) is 21.0. The minimum atomic E-state index is -0.307. The molecule has 0 saturated heterocycles. The first-order chi connectivity index (χ1) is 14.0. The van der Waals surface area contributed by atoms with E-state index in [1.54, 1.807) is 16.5 Å². The molecule has 1 unspecified atom stereocenters. The molecule has 1 atom stereocenters. The third-order valence-electron chi connectivity index (χ3n) is 5.51. The summed E-state index contributed by atoms with van der Waals surface area (Å²) in [5, 5.41) is 11.2. The van der Waals surface area contributed by atoms with Crippen LogP contribution in [0.25, 0.3) is 16.7 Å². The molecule has 0 bridgehead atoms. The van der Waals surface area contributed by atoms with Gasteiger partial charge in [-0.15, -0.1) is 10.2 Å². The van der Waals surface area contributed by atoms with Crippen LogP contribution in [0, 0.1) is 0 Å². The van der Waals surface area contributed by atoms with Crippen molar-refractivity contribution in [3.8, 4) is 0 Å². The molecule has 0 aliphatic carbocycles. The van der Waals surface area contributed by atoms with Crippen molar-refractivity contribution in [1.29, 1.82) is 0 Å². The lowest BCUT2D eigenvalue weighted by molar-refractivity contribution is 0.0949. The van der Waals surface area contributed by atoms with Crippen molar-refractivity contribution in [3.05, 3.63) is 39.9 Å². The molecule has 8 nitrogen and oxygen atoms in total. The number of rotatable bonds is 9. The van der Waals surface area contributed by atoms with Crippen molar-refractivity contribution in [3.63, 3.8) is 0 Å². The predicted molar refractivity (Wildman–Crippen MR) is 114 cm³/mol. The first-order valence-corrected chi connectivity index (χ1v) is 10.4. The molecule has 2 heterocycles. The highest BCUT2D eigenvalue weighted by Crippen LogP contribution is 2.16. The van der Waals surface area contributed by atoms with Crippen LogP contribution in [0.4, 0.5) is 0 Å². The number of fused-ring (bicyclic) bond motifs is 3. The summed E-state index contributed by atoms with van der Waals surface area (Å²) in [4.78, 5) is 30.1. The SMILES string of the molecule is CCCc1nnc2c(=O)[nH]c3cc(C(=O)NCCC(CC)N(C)CC)ccc3n12. The lowest BCUT2D eigenvalue weighted by atomic mass is 10.1. The number of hydrogen-bond donors (Lipinski definition) is 2. The van der Waals surface area contributed by atoms with Gasteiger partial charge in [-0.25, -0.2) is 0 Å². The van der Waals surface area contributed by atoms with Crippen molar-refractivity contribution in [1.82, 2.24) is 29.8 Å². The molecule has 0 saturated carbocycles. The zero-order valence-corrected chi connectivity index (χ0v) is 17.7. The van der Waals surface area contributed by atoms with Crippen molar-refractivity contribution in [2.45, 2.75) is 52.5 Å². The Hall–Kier alpha value is -2.74. The van der Waals surface area contributed by atoms with Crippen LogP contribution in [0.2, 0.25) is 0 Å². The Morgan fingerprint density at radius 3 is 2.76 bits per heavy atom. The summed E-state index contributed by atoms with van der Waals surface area (Å²) in [5.74, 6) is 0.612. The molecule has 2 aromatic heterocycles. The molecular weight excluding hydrogens is 368 g/mol. The molecule has 8 heteroatoms. The Morgan fingerprint density at radius 2 is 2.07 bits per heavy atom. The van der Waals surface area contributed by atoms with E-state index in [1.165, 1.54) is 0 Å². The highest BCUT2D eigenvalue weighted by molar-refractivity contribution is 5.97. The van der Waals surface area contributed by atoms with Gasteiger partial charge in [-0.3, -0.25) is 14.0 Å². The molecule has 0 radical (unpaired) electrons. The lowest BCUT2D eigenvalue weighted by Crippen LogP contribution is -2.35. The Kier molecular flexibility index (Phi) is 6.64. The highest BCUT2D eigenvalue weighted by Gasteiger charge is 2.15. The summed E-state index contributed by atoms with van der Waals surface area (Å²) in [6, 6.07) is 5.79. The molecule has 3 rings (SSSR count). The fraction of sp³-hybridized carbons (Fsp3) is 0.524. The second kappa shape index (κ2) is 9.17. The van der Waals surface area contributed by atoms with Crippen LogP contribution < -0.4 is 10.9 Å². The van der Waals surface area contributed by atoms with E-state index in [1.807, 2.05) is 6.07 Å². The quantitative estimate of drug-likeness (QED) is 0.577. The van der Waals surface area contributed by atoms with Crippen LogP contribution in [-0.4, -0.2) is 56.6 Å². The van der Waals surface area contributed by atoms with Crippen LogP contribution >= 0.6 is 0 Å². The van der Waals surface area contributed by atoms with Gasteiger partial charge in [0.1, 0.15) is 5.82 Å². The molecule has 0 aliphatic rings. The van der Waals surface area contributed by atoms with Gasteiger partial charge in [-0.1, -0.05) is 20.8 Å². The second-order valence-electron chi connectivity index (χ2n) is 7.39. The lowest BCUT2D eigenvalue weighted by Gasteiger charge is -2.25. The van der Waals surface area contributed by atoms with E-state index in [2.05, 4.69) is 53.2 Å². The Balaban J connectivity index is 1.82. The molecule has 1 aromatic carbocycles. The molecular formula is C21H30N6O2. The third-order valence-corrected chi connectivity index (χ3v) is 5.51. The summed E-state index contributed by atoms with van der Waals surface area (Å²) < 4.78 is 1.78. The standard InChI is InChI=1S/C21H30N6O2/c1-5-8-18-24-25-19-21(29)23-16-13-14(9-10-17(16)27(18)19)20(28)22-12-11-15(6-2)26(4)7-3/h9-10,13,15H,5-8,11-12H2,1-4H3,(H,22,28)(H,23,29). The number of aromatic amines is 1. The minimum Gasteiger partial charge on any atom is -0.352 e. The van der Waals surface area contributed by atoms with E-state index >= 15 is 0 Å². The maximum Gasteiger partial charge on any atom is 0.294 e. The Morgan fingerprint density at radius 1 is 1.28 bits per heavy atom. The smallest absolute Gasteiger partial charge is 0.294 e. The number of carbonyl (C=O) groups excluding carboxylic acids is 1. The predicted octanol–water partition coefficient (Wildman–Crippen LogP) is 2.37. The number of H-pyrrole nitrogens is 1. The van der Waals surface area contributed by atoms with Crippen molar-refractivity contribution in [2.75, 3.05) is 20.1 Å². The second-order valence-corrected chi connectivity index (χ2v) is 7.39. The molecule has 1 amide bonds. The van der Waals surface area contributed by atoms with Crippen LogP contribution in [0.1, 0.15) is 56.2 Å². The molecule has 2 N–H and O–H groups in total. The summed E-state index contributed by atoms with van der Waals surface area (Å²) >= 11 is 0. The minimum absolute atomic E-state index is 0.139. The van der Waals surface area contributed by atoms with Crippen LogP contribution in [0.5, 0.6) is 0 Å². The van der Waals surface area contributed by atoms with Gasteiger partial charge in [0.15, 0.2) is 0 Å². The van der Waals surface area contributed by atoms with E-state index in [0.29, 0.717) is 23.7 Å². The summed E-state index contributed by atoms with van der Waals surface area (Å²) in [6.45, 7) is 7.95. The summed E-state index contributed by atoms with van der Waals surface area (Å²) in [6.07, 6.45) is 3.58. The number of benzene rings is 1. The van der Waals surface area contributed by atoms with Gasteiger partial charge < -0.3 is 15.2 Å². The fourth-order valence-electron chi connectivity index (χ4n) is 3.70. The topological polar surface area (TPSA) is 95.4 Å². The van der Waals surface area contributed by atoms with Gasteiger partial charge >= 0.3 is 0 Å². The van der Waals surface area contributed by atoms with Gasteiger partial charge in [-0.2, -0.15) is 0 Å². The van der Waals surface area contributed by atoms with E-state index < -0.39 is 0 Å². The number of hydrogen-bond acceptors (Lipinski definition) is 5. The molecule has 0 fully saturated rings. The normalized spacial score (nSPS) is 12.7. The number of aryl methyl sites for hydroxylation is 1. The average Bonchev–Trinajstić information content (AvgIpc) is 3.15. The van der Waals surface area contributed by atoms with E-state index in [-0.39, 0.29) is 17.1 Å². The van der Waals surface area contributed by atoms with E-state index in [0.717, 1.165) is 43.6 Å². The zero-order valence-electron chi connectivity index (χ0n) is 17.7. The fourth-order valence-corrected chi connectivity index (χ4v) is 3.70. The first kappa shape index (κ1) is 21.0. The Labute approximate surface area is 170 Å². The van der Waals surface area contributed by atoms with Gasteiger partial charge in [0, 0.05) is 24.6 Å². The van der Waals surface area contributed by atoms with Gasteiger partial charge in [0.25, 0.3) is 11.5 Å². The maximum atomic E-state index is 12.6. The van der Waals surface area contributed by atoms with Crippen LogP contribution in [0.15, 0.2) is 23.0 Å². The molecule has 29 heavy (non-hydrogen) atoms. The summed E-state index contributed by atoms with van der Waals surface area (Å²) in [5.41, 5.74) is 1.89. The largest absolute Gasteiger partial charge is 0.352 e. The highest BCUT2D eigenvalue weighted by atomic mass is 16.1. The third kappa shape index (κ3) is 4.32. The first-order valence-electron chi connectivity index (χ1n) is 10.4. The van der Waals surface area contributed by atoms with E-state index in [9.17, 15) is 9.59 Å². The van der Waals surface area contributed by atoms with Crippen LogP contribution in [0.3, 0.4) is 0 Å². The van der Waals surface area contributed by atoms with Crippen LogP contribution in [-0.2, 0) is 6.42 Å². The van der Waals surface area contributed by atoms with Gasteiger partial charge in [0.2, 0.25) is 5.65 Å². The van der Waals surface area contributed by atoms with Crippen molar-refractivity contribution in [2.24, 2.45) is 0 Å². The van der Waals surface area contributed by atoms with Crippen molar-refractivity contribution >= 4 is 22.6 Å². The average molecular weight is 399 g/mol. The van der Waals surface area contributed by atoms with Crippen molar-refractivity contribution < 1.29 is 4.79 Å². The number of carbonyl (C=O) groups is 1.